The Kier molecular flexibility index (Phi) is 8.19. The highest BCUT2D eigenvalue weighted by Crippen LogP contribution is 2.37. The third kappa shape index (κ3) is 6.27. The van der Waals surface area contributed by atoms with E-state index in [4.69, 9.17) is 4.74 Å². The lowest BCUT2D eigenvalue weighted by molar-refractivity contribution is 0.0370. The number of nitrogens with zero attached hydrogens (tertiary/aromatic N) is 2. The van der Waals surface area contributed by atoms with Crippen molar-refractivity contribution in [3.63, 3.8) is 0 Å². The molecule has 0 aliphatic carbocycles. The van der Waals surface area contributed by atoms with E-state index >= 15 is 0 Å². The number of aliphatic hydroxyl groups excluding tert-OH is 1. The number of likely N-dealkylation sites (tertiary alicyclic amines) is 1. The van der Waals surface area contributed by atoms with Gasteiger partial charge in [-0.15, -0.1) is 0 Å². The number of aryl methyl sites for hydroxylation is 2. The van der Waals surface area contributed by atoms with Crippen LogP contribution in [-0.4, -0.2) is 54.9 Å². The molecule has 3 aromatic rings. The zero-order valence-corrected chi connectivity index (χ0v) is 20.6. The molecule has 2 heterocycles. The highest BCUT2D eigenvalue weighted by molar-refractivity contribution is 5.84. The standard InChI is InChI=1S/C28H35F2N3O2/c1-20-18-32-27-6-5-24(35-2)17-26(27)25(20)4-3-7-28(19-34)8-11-33(12-9-28)13-10-31-23-15-21(29)14-22(30)16-23/h5-6,14-18,31,34H,3-4,7-13,19H2,1-2H3. The maximum Gasteiger partial charge on any atom is 0.128 e. The number of benzene rings is 2. The van der Waals surface area contributed by atoms with Crippen LogP contribution in [0.5, 0.6) is 5.75 Å². The molecular weight excluding hydrogens is 448 g/mol. The molecule has 0 saturated carbocycles. The van der Waals surface area contributed by atoms with E-state index in [-0.39, 0.29) is 12.0 Å². The van der Waals surface area contributed by atoms with Crippen LogP contribution in [0.15, 0.2) is 42.6 Å². The summed E-state index contributed by atoms with van der Waals surface area (Å²) < 4.78 is 32.1. The van der Waals surface area contributed by atoms with Gasteiger partial charge in [-0.3, -0.25) is 4.98 Å². The van der Waals surface area contributed by atoms with Crippen LogP contribution >= 0.6 is 0 Å². The summed E-state index contributed by atoms with van der Waals surface area (Å²) >= 11 is 0. The molecule has 188 valence electrons. The number of halogens is 2. The number of piperidine rings is 1. The molecule has 4 rings (SSSR count). The van der Waals surface area contributed by atoms with Crippen molar-refractivity contribution in [1.82, 2.24) is 9.88 Å². The zero-order chi connectivity index (χ0) is 24.8. The second-order valence-electron chi connectivity index (χ2n) is 9.74. The molecule has 7 heteroatoms. The Labute approximate surface area is 206 Å². The molecule has 1 fully saturated rings. The van der Waals surface area contributed by atoms with Gasteiger partial charge in [-0.1, -0.05) is 0 Å². The van der Waals surface area contributed by atoms with E-state index < -0.39 is 11.6 Å². The van der Waals surface area contributed by atoms with Crippen LogP contribution in [0.2, 0.25) is 0 Å². The van der Waals surface area contributed by atoms with Gasteiger partial charge in [0.25, 0.3) is 0 Å². The number of methoxy groups -OCH3 is 1. The number of fused-ring (bicyclic) bond motifs is 1. The molecule has 0 spiro atoms. The first kappa shape index (κ1) is 25.3. The molecule has 2 N–H and O–H groups in total. The number of aliphatic hydroxyl groups is 1. The van der Waals surface area contributed by atoms with Crippen LogP contribution < -0.4 is 10.1 Å². The number of nitrogens with one attached hydrogen (secondary N) is 1. The predicted molar refractivity (Wildman–Crippen MR) is 136 cm³/mol. The number of hydrogen-bond acceptors (Lipinski definition) is 5. The number of aromatic nitrogens is 1. The second kappa shape index (κ2) is 11.3. The van der Waals surface area contributed by atoms with Crippen LogP contribution in [0.3, 0.4) is 0 Å². The molecule has 5 nitrogen and oxygen atoms in total. The third-order valence-corrected chi connectivity index (χ3v) is 7.41. The maximum atomic E-state index is 13.4. The topological polar surface area (TPSA) is 57.6 Å². The summed E-state index contributed by atoms with van der Waals surface area (Å²) in [5.41, 5.74) is 3.87. The highest BCUT2D eigenvalue weighted by Gasteiger charge is 2.33. The lowest BCUT2D eigenvalue weighted by Gasteiger charge is -2.41. The molecule has 0 atom stereocenters. The van der Waals surface area contributed by atoms with Gasteiger partial charge in [0.05, 0.1) is 12.6 Å². The summed E-state index contributed by atoms with van der Waals surface area (Å²) in [6.45, 7) is 5.54. The lowest BCUT2D eigenvalue weighted by Crippen LogP contribution is -2.43. The molecule has 0 radical (unpaired) electrons. The quantitative estimate of drug-likeness (QED) is 0.408. The number of anilines is 1. The fourth-order valence-corrected chi connectivity index (χ4v) is 5.18. The van der Waals surface area contributed by atoms with Crippen molar-refractivity contribution >= 4 is 16.6 Å². The SMILES string of the molecule is COc1ccc2ncc(C)c(CCCC3(CO)CCN(CCNc4cc(F)cc(F)c4)CC3)c2c1. The summed E-state index contributed by atoms with van der Waals surface area (Å²) in [4.78, 5) is 6.91. The Morgan fingerprint density at radius 2 is 1.86 bits per heavy atom. The van der Waals surface area contributed by atoms with Gasteiger partial charge in [-0.25, -0.2) is 8.78 Å². The largest absolute Gasteiger partial charge is 0.497 e. The average molecular weight is 484 g/mol. The van der Waals surface area contributed by atoms with Gasteiger partial charge in [0.1, 0.15) is 17.4 Å². The van der Waals surface area contributed by atoms with Gasteiger partial charge >= 0.3 is 0 Å². The minimum atomic E-state index is -0.577. The van der Waals surface area contributed by atoms with Crippen LogP contribution in [0.1, 0.15) is 36.8 Å². The van der Waals surface area contributed by atoms with Gasteiger partial charge in [0.15, 0.2) is 0 Å². The summed E-state index contributed by atoms with van der Waals surface area (Å²) in [6.07, 6.45) is 6.76. The van der Waals surface area contributed by atoms with Gasteiger partial charge in [0, 0.05) is 43.0 Å². The Balaban J connectivity index is 1.29. The number of rotatable bonds is 10. The smallest absolute Gasteiger partial charge is 0.128 e. The van der Waals surface area contributed by atoms with E-state index in [0.717, 1.165) is 74.5 Å². The Bertz CT molecular complexity index is 1130. The van der Waals surface area contributed by atoms with Crippen molar-refractivity contribution in [2.75, 3.05) is 45.2 Å². The molecular formula is C28H35F2N3O2. The highest BCUT2D eigenvalue weighted by atomic mass is 19.1. The maximum absolute atomic E-state index is 13.4. The van der Waals surface area contributed by atoms with Crippen LogP contribution in [-0.2, 0) is 6.42 Å². The minimum absolute atomic E-state index is 0.0515. The summed E-state index contributed by atoms with van der Waals surface area (Å²) in [5.74, 6) is -0.318. The van der Waals surface area contributed by atoms with Crippen molar-refractivity contribution in [1.29, 1.82) is 0 Å². The first-order chi connectivity index (χ1) is 16.9. The van der Waals surface area contributed by atoms with E-state index in [2.05, 4.69) is 28.2 Å². The molecule has 2 aromatic carbocycles. The van der Waals surface area contributed by atoms with Crippen molar-refractivity contribution in [3.05, 3.63) is 65.4 Å². The normalized spacial score (nSPS) is 15.9. The van der Waals surface area contributed by atoms with Gasteiger partial charge in [-0.2, -0.15) is 0 Å². The van der Waals surface area contributed by atoms with Crippen molar-refractivity contribution < 1.29 is 18.6 Å². The minimum Gasteiger partial charge on any atom is -0.497 e. The Morgan fingerprint density at radius 1 is 1.11 bits per heavy atom. The zero-order valence-electron chi connectivity index (χ0n) is 20.6. The van der Waals surface area contributed by atoms with Crippen molar-refractivity contribution in [2.45, 2.75) is 39.0 Å². The molecule has 0 bridgehead atoms. The fourth-order valence-electron chi connectivity index (χ4n) is 5.18. The summed E-state index contributed by atoms with van der Waals surface area (Å²) in [7, 11) is 1.68. The van der Waals surface area contributed by atoms with Gasteiger partial charge in [-0.05, 0) is 99.0 Å². The van der Waals surface area contributed by atoms with Crippen molar-refractivity contribution in [3.8, 4) is 5.75 Å². The first-order valence-electron chi connectivity index (χ1n) is 12.4. The molecule has 0 unspecified atom stereocenters. The molecule has 35 heavy (non-hydrogen) atoms. The number of hydrogen-bond donors (Lipinski definition) is 2. The van der Waals surface area contributed by atoms with Crippen LogP contribution in [0, 0.1) is 24.0 Å². The van der Waals surface area contributed by atoms with Crippen LogP contribution in [0.4, 0.5) is 14.5 Å². The average Bonchev–Trinajstić information content (AvgIpc) is 2.85. The molecule has 0 amide bonds. The fraction of sp³-hybridized carbons (Fsp3) is 0.464. The summed E-state index contributed by atoms with van der Waals surface area (Å²) in [6, 6.07) is 9.49. The van der Waals surface area contributed by atoms with E-state index in [9.17, 15) is 13.9 Å². The molecule has 1 saturated heterocycles. The lowest BCUT2D eigenvalue weighted by atomic mass is 9.75. The first-order valence-corrected chi connectivity index (χ1v) is 12.4. The summed E-state index contributed by atoms with van der Waals surface area (Å²) in [5, 5.41) is 14.5. The molecule has 1 aliphatic rings. The van der Waals surface area contributed by atoms with E-state index in [0.29, 0.717) is 12.2 Å². The van der Waals surface area contributed by atoms with E-state index in [1.165, 1.54) is 23.3 Å². The Hall–Kier alpha value is -2.77. The van der Waals surface area contributed by atoms with Gasteiger partial charge in [0.2, 0.25) is 0 Å². The van der Waals surface area contributed by atoms with E-state index in [1.54, 1.807) is 7.11 Å². The monoisotopic (exact) mass is 483 g/mol. The number of pyridine rings is 1. The van der Waals surface area contributed by atoms with E-state index in [1.807, 2.05) is 18.3 Å². The molecule has 1 aromatic heterocycles. The Morgan fingerprint density at radius 3 is 2.54 bits per heavy atom. The molecule has 1 aliphatic heterocycles. The number of ether oxygens (including phenoxy) is 1. The third-order valence-electron chi connectivity index (χ3n) is 7.41. The van der Waals surface area contributed by atoms with Gasteiger partial charge < -0.3 is 20.1 Å². The van der Waals surface area contributed by atoms with Crippen LogP contribution in [0.25, 0.3) is 10.9 Å². The second-order valence-corrected chi connectivity index (χ2v) is 9.74. The van der Waals surface area contributed by atoms with Crippen molar-refractivity contribution in [2.24, 2.45) is 5.41 Å². The predicted octanol–water partition coefficient (Wildman–Crippen LogP) is 5.34.